The Bertz CT molecular complexity index is 866. The maximum Gasteiger partial charge on any atom is 0.416 e. The summed E-state index contributed by atoms with van der Waals surface area (Å²) >= 11 is 0. The molecule has 0 saturated heterocycles. The van der Waals surface area contributed by atoms with E-state index in [4.69, 9.17) is 5.73 Å². The molecule has 9 heteroatoms. The van der Waals surface area contributed by atoms with Gasteiger partial charge in [0.1, 0.15) is 12.0 Å². The summed E-state index contributed by atoms with van der Waals surface area (Å²) in [5.74, 6) is 0.715. The SMILES string of the molecule is Nc1c(NCc2cccnc2)ncnc1Nc1ccc(C(F)(F)F)cc1. The van der Waals surface area contributed by atoms with Crippen molar-refractivity contribution in [2.45, 2.75) is 12.7 Å². The van der Waals surface area contributed by atoms with Crippen LogP contribution in [0.2, 0.25) is 0 Å². The Hall–Kier alpha value is -3.36. The predicted molar refractivity (Wildman–Crippen MR) is 92.7 cm³/mol. The molecule has 4 N–H and O–H groups in total. The number of pyridine rings is 1. The Morgan fingerprint density at radius 2 is 1.73 bits per heavy atom. The number of nitrogens with one attached hydrogen (secondary N) is 2. The summed E-state index contributed by atoms with van der Waals surface area (Å²) in [7, 11) is 0. The highest BCUT2D eigenvalue weighted by Crippen LogP contribution is 2.31. The topological polar surface area (TPSA) is 88.8 Å². The van der Waals surface area contributed by atoms with Crippen LogP contribution in [0.15, 0.2) is 55.1 Å². The lowest BCUT2D eigenvalue weighted by atomic mass is 10.2. The molecule has 134 valence electrons. The first-order valence-corrected chi connectivity index (χ1v) is 7.61. The Morgan fingerprint density at radius 1 is 1.00 bits per heavy atom. The van der Waals surface area contributed by atoms with Gasteiger partial charge in [-0.05, 0) is 35.9 Å². The minimum atomic E-state index is -4.38. The molecular formula is C17H15F3N6. The first-order chi connectivity index (χ1) is 12.4. The molecule has 2 aromatic heterocycles. The van der Waals surface area contributed by atoms with E-state index in [1.165, 1.54) is 18.5 Å². The number of hydrogen-bond acceptors (Lipinski definition) is 6. The minimum absolute atomic E-state index is 0.260. The molecule has 3 aromatic rings. The van der Waals surface area contributed by atoms with Gasteiger partial charge >= 0.3 is 6.18 Å². The number of hydrogen-bond donors (Lipinski definition) is 3. The fourth-order valence-electron chi connectivity index (χ4n) is 2.20. The summed E-state index contributed by atoms with van der Waals surface area (Å²) in [6.07, 6.45) is 0.324. The standard InChI is InChI=1S/C17H15F3N6/c18-17(19,20)12-3-5-13(6-4-12)26-16-14(21)15(24-10-25-16)23-9-11-2-1-7-22-8-11/h1-8,10H,9,21H2,(H2,23,24,25,26). The van der Waals surface area contributed by atoms with Crippen molar-refractivity contribution in [2.24, 2.45) is 0 Å². The van der Waals surface area contributed by atoms with Crippen molar-refractivity contribution in [1.82, 2.24) is 15.0 Å². The average Bonchev–Trinajstić information content (AvgIpc) is 2.63. The molecule has 1 aromatic carbocycles. The van der Waals surface area contributed by atoms with Crippen molar-refractivity contribution >= 4 is 23.0 Å². The van der Waals surface area contributed by atoms with Crippen LogP contribution in [0.25, 0.3) is 0 Å². The fourth-order valence-corrected chi connectivity index (χ4v) is 2.20. The van der Waals surface area contributed by atoms with Crippen LogP contribution in [-0.4, -0.2) is 15.0 Å². The molecule has 6 nitrogen and oxygen atoms in total. The van der Waals surface area contributed by atoms with Crippen molar-refractivity contribution in [3.8, 4) is 0 Å². The van der Waals surface area contributed by atoms with Crippen LogP contribution >= 0.6 is 0 Å². The van der Waals surface area contributed by atoms with E-state index < -0.39 is 11.7 Å². The molecule has 0 radical (unpaired) electrons. The van der Waals surface area contributed by atoms with Gasteiger partial charge in [0, 0.05) is 24.6 Å². The number of nitrogens with zero attached hydrogens (tertiary/aromatic N) is 3. The molecule has 0 bridgehead atoms. The molecule has 0 saturated carbocycles. The van der Waals surface area contributed by atoms with Crippen LogP contribution in [0.4, 0.5) is 36.2 Å². The zero-order valence-corrected chi connectivity index (χ0v) is 13.5. The van der Waals surface area contributed by atoms with E-state index in [1.807, 2.05) is 12.1 Å². The Kier molecular flexibility index (Phi) is 4.87. The highest BCUT2D eigenvalue weighted by atomic mass is 19.4. The van der Waals surface area contributed by atoms with Gasteiger partial charge in [-0.15, -0.1) is 0 Å². The largest absolute Gasteiger partial charge is 0.416 e. The molecular weight excluding hydrogens is 345 g/mol. The first kappa shape index (κ1) is 17.5. The number of aromatic nitrogens is 3. The van der Waals surface area contributed by atoms with Crippen molar-refractivity contribution in [1.29, 1.82) is 0 Å². The van der Waals surface area contributed by atoms with Gasteiger partial charge in [0.05, 0.1) is 5.56 Å². The van der Waals surface area contributed by atoms with E-state index in [1.54, 1.807) is 12.4 Å². The summed E-state index contributed by atoms with van der Waals surface area (Å²) in [6, 6.07) is 8.32. The van der Waals surface area contributed by atoms with Crippen LogP contribution in [0.5, 0.6) is 0 Å². The minimum Gasteiger partial charge on any atom is -0.393 e. The van der Waals surface area contributed by atoms with Crippen LogP contribution in [0.3, 0.4) is 0 Å². The van der Waals surface area contributed by atoms with E-state index in [-0.39, 0.29) is 5.69 Å². The molecule has 0 aliphatic heterocycles. The molecule has 26 heavy (non-hydrogen) atoms. The monoisotopic (exact) mass is 360 g/mol. The quantitative estimate of drug-likeness (QED) is 0.641. The highest BCUT2D eigenvalue weighted by Gasteiger charge is 2.29. The number of anilines is 4. The normalized spacial score (nSPS) is 11.2. The van der Waals surface area contributed by atoms with Gasteiger partial charge in [-0.1, -0.05) is 6.07 Å². The Balaban J connectivity index is 1.72. The zero-order chi connectivity index (χ0) is 18.6. The van der Waals surface area contributed by atoms with Gasteiger partial charge in [-0.25, -0.2) is 9.97 Å². The molecule has 2 heterocycles. The predicted octanol–water partition coefficient (Wildman–Crippen LogP) is 3.83. The summed E-state index contributed by atoms with van der Waals surface area (Å²) in [6.45, 7) is 0.467. The van der Waals surface area contributed by atoms with Gasteiger partial charge in [-0.2, -0.15) is 13.2 Å². The van der Waals surface area contributed by atoms with Crippen LogP contribution < -0.4 is 16.4 Å². The summed E-state index contributed by atoms with van der Waals surface area (Å²) in [5.41, 5.74) is 6.96. The van der Waals surface area contributed by atoms with E-state index in [9.17, 15) is 13.2 Å². The van der Waals surface area contributed by atoms with Crippen LogP contribution in [-0.2, 0) is 12.7 Å². The number of nitrogen functional groups attached to an aromatic ring is 1. The van der Waals surface area contributed by atoms with Crippen molar-refractivity contribution in [2.75, 3.05) is 16.4 Å². The van der Waals surface area contributed by atoms with E-state index in [0.29, 0.717) is 23.9 Å². The van der Waals surface area contributed by atoms with E-state index in [2.05, 4.69) is 25.6 Å². The van der Waals surface area contributed by atoms with Gasteiger partial charge in [0.15, 0.2) is 11.6 Å². The molecule has 0 fully saturated rings. The summed E-state index contributed by atoms with van der Waals surface area (Å²) in [4.78, 5) is 12.1. The second-order valence-corrected chi connectivity index (χ2v) is 5.40. The third kappa shape index (κ3) is 4.18. The van der Waals surface area contributed by atoms with E-state index in [0.717, 1.165) is 17.7 Å². The van der Waals surface area contributed by atoms with Crippen molar-refractivity contribution in [3.63, 3.8) is 0 Å². The molecule has 0 amide bonds. The Labute approximate surface area is 147 Å². The lowest BCUT2D eigenvalue weighted by Crippen LogP contribution is -2.08. The molecule has 0 aliphatic carbocycles. The second kappa shape index (κ2) is 7.26. The van der Waals surface area contributed by atoms with Crippen molar-refractivity contribution < 1.29 is 13.2 Å². The lowest BCUT2D eigenvalue weighted by molar-refractivity contribution is -0.137. The second-order valence-electron chi connectivity index (χ2n) is 5.40. The van der Waals surface area contributed by atoms with Gasteiger partial charge < -0.3 is 16.4 Å². The van der Waals surface area contributed by atoms with Crippen molar-refractivity contribution in [3.05, 3.63) is 66.2 Å². The third-order valence-electron chi connectivity index (χ3n) is 3.54. The first-order valence-electron chi connectivity index (χ1n) is 7.61. The third-order valence-corrected chi connectivity index (χ3v) is 3.54. The number of alkyl halides is 3. The molecule has 0 atom stereocenters. The highest BCUT2D eigenvalue weighted by molar-refractivity contribution is 5.77. The summed E-state index contributed by atoms with van der Waals surface area (Å²) in [5, 5.41) is 5.97. The Morgan fingerprint density at radius 3 is 2.38 bits per heavy atom. The number of nitrogens with two attached hydrogens (primary N) is 1. The van der Waals surface area contributed by atoms with Gasteiger partial charge in [0.25, 0.3) is 0 Å². The maximum absolute atomic E-state index is 12.6. The summed E-state index contributed by atoms with van der Waals surface area (Å²) < 4.78 is 37.8. The number of benzene rings is 1. The molecule has 0 spiro atoms. The van der Waals surface area contributed by atoms with E-state index >= 15 is 0 Å². The lowest BCUT2D eigenvalue weighted by Gasteiger charge is -2.13. The van der Waals surface area contributed by atoms with Gasteiger partial charge in [0.2, 0.25) is 0 Å². The number of rotatable bonds is 5. The fraction of sp³-hybridized carbons (Fsp3) is 0.118. The number of halogens is 3. The molecule has 0 aliphatic rings. The van der Waals surface area contributed by atoms with Crippen LogP contribution in [0, 0.1) is 0 Å². The van der Waals surface area contributed by atoms with Gasteiger partial charge in [-0.3, -0.25) is 4.98 Å². The van der Waals surface area contributed by atoms with Crippen LogP contribution in [0.1, 0.15) is 11.1 Å². The maximum atomic E-state index is 12.6. The molecule has 0 unspecified atom stereocenters. The smallest absolute Gasteiger partial charge is 0.393 e. The average molecular weight is 360 g/mol. The zero-order valence-electron chi connectivity index (χ0n) is 13.5. The molecule has 3 rings (SSSR count).